The first-order chi connectivity index (χ1) is 4.74. The largest absolute Gasteiger partial charge is 0.465 e. The minimum Gasteiger partial charge on any atom is -0.465 e. The Morgan fingerprint density at radius 2 is 2.50 bits per heavy atom. The van der Waals surface area contributed by atoms with Crippen molar-refractivity contribution in [2.45, 2.75) is 0 Å². The van der Waals surface area contributed by atoms with Gasteiger partial charge >= 0.3 is 5.97 Å². The van der Waals surface area contributed by atoms with E-state index in [-0.39, 0.29) is 5.97 Å². The number of hydrogen-bond acceptors (Lipinski definition) is 3. The highest BCUT2D eigenvalue weighted by Gasteiger charge is 2.05. The van der Waals surface area contributed by atoms with Crippen LogP contribution in [0.25, 0.3) is 0 Å². The van der Waals surface area contributed by atoms with Gasteiger partial charge in [-0.15, -0.1) is 11.3 Å². The summed E-state index contributed by atoms with van der Waals surface area (Å²) in [6, 6.07) is 1.70. The highest BCUT2D eigenvalue weighted by Crippen LogP contribution is 2.13. The van der Waals surface area contributed by atoms with Crippen molar-refractivity contribution in [3.8, 4) is 0 Å². The lowest BCUT2D eigenvalue weighted by Crippen LogP contribution is -1.97. The number of esters is 1. The number of rotatable bonds is 1. The molecule has 3 heteroatoms. The van der Waals surface area contributed by atoms with Crippen LogP contribution >= 0.6 is 11.3 Å². The van der Waals surface area contributed by atoms with E-state index in [1.165, 1.54) is 18.4 Å². The highest BCUT2D eigenvalue weighted by molar-refractivity contribution is 7.10. The molecule has 1 aromatic rings. The van der Waals surface area contributed by atoms with E-state index in [2.05, 4.69) is 11.7 Å². The van der Waals surface area contributed by atoms with Gasteiger partial charge in [0, 0.05) is 10.3 Å². The van der Waals surface area contributed by atoms with Crippen molar-refractivity contribution >= 4 is 17.3 Å². The van der Waals surface area contributed by atoms with Crippen LogP contribution in [0, 0.1) is 6.92 Å². The van der Waals surface area contributed by atoms with Gasteiger partial charge in [-0.05, 0) is 13.0 Å². The summed E-state index contributed by atoms with van der Waals surface area (Å²) in [5, 5.41) is 1.73. The van der Waals surface area contributed by atoms with E-state index in [0.29, 0.717) is 5.56 Å². The normalized spacial score (nSPS) is 9.40. The lowest BCUT2D eigenvalue weighted by molar-refractivity contribution is 0.0601. The average molecular weight is 155 g/mol. The molecule has 1 rings (SSSR count). The summed E-state index contributed by atoms with van der Waals surface area (Å²) < 4.78 is 4.49. The van der Waals surface area contributed by atoms with Crippen LogP contribution in [-0.2, 0) is 4.74 Å². The molecule has 0 bridgehead atoms. The minimum absolute atomic E-state index is 0.300. The van der Waals surface area contributed by atoms with Crippen molar-refractivity contribution in [1.29, 1.82) is 0 Å². The lowest BCUT2D eigenvalue weighted by atomic mass is 10.3. The topological polar surface area (TPSA) is 26.3 Å². The summed E-state index contributed by atoms with van der Waals surface area (Å²) in [5.74, 6) is -0.300. The minimum atomic E-state index is -0.300. The third-order valence-electron chi connectivity index (χ3n) is 1.07. The molecular weight excluding hydrogens is 148 g/mol. The molecule has 0 aliphatic carbocycles. The van der Waals surface area contributed by atoms with E-state index in [1.54, 1.807) is 11.4 Å². The van der Waals surface area contributed by atoms with E-state index >= 15 is 0 Å². The van der Waals surface area contributed by atoms with Crippen LogP contribution in [0.2, 0.25) is 0 Å². The first-order valence-corrected chi connectivity index (χ1v) is 3.61. The second kappa shape index (κ2) is 2.84. The fourth-order valence-corrected chi connectivity index (χ4v) is 1.24. The van der Waals surface area contributed by atoms with Crippen molar-refractivity contribution in [2.24, 2.45) is 0 Å². The van der Waals surface area contributed by atoms with E-state index in [0.717, 1.165) is 4.88 Å². The molecule has 53 valence electrons. The molecule has 0 unspecified atom stereocenters. The van der Waals surface area contributed by atoms with Crippen molar-refractivity contribution in [3.05, 3.63) is 28.8 Å². The Morgan fingerprint density at radius 3 is 2.90 bits per heavy atom. The fraction of sp³-hybridized carbons (Fsp3) is 0.143. The van der Waals surface area contributed by atoms with Crippen LogP contribution in [0.1, 0.15) is 15.2 Å². The number of carbonyl (C=O) groups excluding carboxylic acids is 1. The maximum atomic E-state index is 10.8. The second-order valence-corrected chi connectivity index (χ2v) is 2.79. The monoisotopic (exact) mass is 155 g/mol. The molecule has 0 fully saturated rings. The molecule has 0 saturated carbocycles. The molecule has 0 atom stereocenters. The zero-order chi connectivity index (χ0) is 7.56. The quantitative estimate of drug-likeness (QED) is 0.577. The summed E-state index contributed by atoms with van der Waals surface area (Å²) in [6.45, 7) is 3.67. The molecule has 0 spiro atoms. The third-order valence-corrected chi connectivity index (χ3v) is 1.87. The summed E-state index contributed by atoms with van der Waals surface area (Å²) in [4.78, 5) is 11.7. The summed E-state index contributed by atoms with van der Waals surface area (Å²) in [7, 11) is 1.36. The Balaban J connectivity index is 2.85. The first-order valence-electron chi connectivity index (χ1n) is 2.73. The lowest BCUT2D eigenvalue weighted by Gasteiger charge is -1.90. The number of ether oxygens (including phenoxy) is 1. The van der Waals surface area contributed by atoms with Gasteiger partial charge in [0.2, 0.25) is 0 Å². The molecule has 2 nitrogen and oxygen atoms in total. The van der Waals surface area contributed by atoms with Crippen molar-refractivity contribution in [1.82, 2.24) is 0 Å². The SMILES string of the molecule is [CH2]c1cc(C(=O)OC)cs1. The summed E-state index contributed by atoms with van der Waals surface area (Å²) in [5.41, 5.74) is 0.581. The predicted molar refractivity (Wildman–Crippen MR) is 40.1 cm³/mol. The molecule has 10 heavy (non-hydrogen) atoms. The summed E-state index contributed by atoms with van der Waals surface area (Å²) in [6.07, 6.45) is 0. The smallest absolute Gasteiger partial charge is 0.338 e. The van der Waals surface area contributed by atoms with Gasteiger partial charge in [-0.2, -0.15) is 0 Å². The highest BCUT2D eigenvalue weighted by atomic mass is 32.1. The van der Waals surface area contributed by atoms with Crippen molar-refractivity contribution in [3.63, 3.8) is 0 Å². The van der Waals surface area contributed by atoms with Gasteiger partial charge in [0.1, 0.15) is 0 Å². The molecule has 0 saturated heterocycles. The van der Waals surface area contributed by atoms with Gasteiger partial charge in [0.15, 0.2) is 0 Å². The van der Waals surface area contributed by atoms with E-state index in [4.69, 9.17) is 0 Å². The number of hydrogen-bond donors (Lipinski definition) is 0. The maximum Gasteiger partial charge on any atom is 0.338 e. The molecule has 1 radical (unpaired) electrons. The molecule has 0 aromatic carbocycles. The zero-order valence-electron chi connectivity index (χ0n) is 5.59. The Hall–Kier alpha value is -0.830. The molecule has 1 aromatic heterocycles. The number of thiophene rings is 1. The molecule has 0 aliphatic heterocycles. The molecule has 0 aliphatic rings. The van der Waals surface area contributed by atoms with Gasteiger partial charge in [-0.1, -0.05) is 0 Å². The van der Waals surface area contributed by atoms with Crippen molar-refractivity contribution in [2.75, 3.05) is 7.11 Å². The van der Waals surface area contributed by atoms with E-state index in [1.807, 2.05) is 0 Å². The summed E-state index contributed by atoms with van der Waals surface area (Å²) >= 11 is 1.44. The standard InChI is InChI=1S/C7H7O2S/c1-5-3-6(4-10-5)7(8)9-2/h3-4H,1H2,2H3. The van der Waals surface area contributed by atoms with Gasteiger partial charge in [-0.3, -0.25) is 0 Å². The Morgan fingerprint density at radius 1 is 1.80 bits per heavy atom. The Kier molecular flexibility index (Phi) is 2.06. The van der Waals surface area contributed by atoms with Crippen LogP contribution < -0.4 is 0 Å². The van der Waals surface area contributed by atoms with Gasteiger partial charge in [0.05, 0.1) is 12.7 Å². The predicted octanol–water partition coefficient (Wildman–Crippen LogP) is 1.72. The fourth-order valence-electron chi connectivity index (χ4n) is 0.606. The van der Waals surface area contributed by atoms with Gasteiger partial charge in [0.25, 0.3) is 0 Å². The molecule has 1 heterocycles. The van der Waals surface area contributed by atoms with Crippen LogP contribution in [0.15, 0.2) is 11.4 Å². The maximum absolute atomic E-state index is 10.8. The zero-order valence-corrected chi connectivity index (χ0v) is 6.40. The first kappa shape index (κ1) is 7.28. The number of carbonyl (C=O) groups is 1. The average Bonchev–Trinajstić information content (AvgIpc) is 2.34. The number of methoxy groups -OCH3 is 1. The molecule has 0 amide bonds. The van der Waals surface area contributed by atoms with Gasteiger partial charge < -0.3 is 4.74 Å². The Bertz CT molecular complexity index is 240. The van der Waals surface area contributed by atoms with E-state index < -0.39 is 0 Å². The van der Waals surface area contributed by atoms with Gasteiger partial charge in [-0.25, -0.2) is 4.79 Å². The van der Waals surface area contributed by atoms with Crippen LogP contribution in [0.3, 0.4) is 0 Å². The van der Waals surface area contributed by atoms with Crippen LogP contribution in [-0.4, -0.2) is 13.1 Å². The van der Waals surface area contributed by atoms with Crippen LogP contribution in [0.5, 0.6) is 0 Å². The third kappa shape index (κ3) is 1.36. The second-order valence-electron chi connectivity index (χ2n) is 1.79. The molecule has 0 N–H and O–H groups in total. The van der Waals surface area contributed by atoms with Crippen molar-refractivity contribution < 1.29 is 9.53 Å². The van der Waals surface area contributed by atoms with Crippen LogP contribution in [0.4, 0.5) is 0 Å². The molecular formula is C7H7O2S. The Labute approximate surface area is 63.4 Å². The van der Waals surface area contributed by atoms with E-state index in [9.17, 15) is 4.79 Å².